The molecule has 8 heteroatoms. The first-order valence-electron chi connectivity index (χ1n) is 9.61. The fraction of sp³-hybridized carbons (Fsp3) is 0.632. The first-order valence-corrected chi connectivity index (χ1v) is 11.1. The zero-order valence-corrected chi connectivity index (χ0v) is 16.6. The third kappa shape index (κ3) is 5.75. The lowest BCUT2D eigenvalue weighted by molar-refractivity contribution is 0.0704. The van der Waals surface area contributed by atoms with Crippen molar-refractivity contribution in [2.45, 2.75) is 36.6 Å². The number of carbonyl (C=O) groups is 1. The highest BCUT2D eigenvalue weighted by Gasteiger charge is 2.27. The molecule has 0 aromatic heterocycles. The predicted molar refractivity (Wildman–Crippen MR) is 103 cm³/mol. The van der Waals surface area contributed by atoms with E-state index in [1.165, 1.54) is 32.1 Å². The zero-order valence-electron chi connectivity index (χ0n) is 15.8. The summed E-state index contributed by atoms with van der Waals surface area (Å²) in [5.74, 6) is 0.747. The zero-order chi connectivity index (χ0) is 19.3. The van der Waals surface area contributed by atoms with Crippen LogP contribution in [0.5, 0.6) is 0 Å². The van der Waals surface area contributed by atoms with E-state index in [2.05, 4.69) is 10.0 Å². The minimum Gasteiger partial charge on any atom is -0.383 e. The molecule has 0 spiro atoms. The molecule has 1 aromatic rings. The number of piperidine rings is 1. The third-order valence-electron chi connectivity index (χ3n) is 5.16. The van der Waals surface area contributed by atoms with Crippen molar-refractivity contribution < 1.29 is 17.9 Å². The summed E-state index contributed by atoms with van der Waals surface area (Å²) < 4.78 is 32.0. The average Bonchev–Trinajstić information content (AvgIpc) is 3.51. The molecule has 2 N–H and O–H groups in total. The summed E-state index contributed by atoms with van der Waals surface area (Å²) in [6, 6.07) is 6.72. The van der Waals surface area contributed by atoms with Crippen molar-refractivity contribution in [3.8, 4) is 0 Å². The van der Waals surface area contributed by atoms with Crippen molar-refractivity contribution in [1.29, 1.82) is 0 Å². The Morgan fingerprint density at radius 3 is 2.63 bits per heavy atom. The van der Waals surface area contributed by atoms with Crippen LogP contribution in [-0.2, 0) is 14.8 Å². The number of hydrogen-bond donors (Lipinski definition) is 2. The molecule has 1 aromatic carbocycles. The maximum Gasteiger partial charge on any atom is 0.253 e. The molecule has 1 aliphatic carbocycles. The lowest BCUT2D eigenvalue weighted by atomic mass is 10.0. The van der Waals surface area contributed by atoms with Crippen molar-refractivity contribution in [3.05, 3.63) is 29.8 Å². The van der Waals surface area contributed by atoms with Gasteiger partial charge in [-0.3, -0.25) is 4.79 Å². The number of benzene rings is 1. The molecule has 1 saturated carbocycles. The van der Waals surface area contributed by atoms with Crippen LogP contribution in [0.4, 0.5) is 0 Å². The number of likely N-dealkylation sites (tertiary alicyclic amines) is 1. The van der Waals surface area contributed by atoms with Crippen molar-refractivity contribution in [3.63, 3.8) is 0 Å². The molecule has 1 heterocycles. The maximum atomic E-state index is 12.8. The van der Waals surface area contributed by atoms with Crippen molar-refractivity contribution >= 4 is 15.9 Å². The Kier molecular flexibility index (Phi) is 6.86. The lowest BCUT2D eigenvalue weighted by Gasteiger charge is -2.32. The first-order chi connectivity index (χ1) is 13.0. The van der Waals surface area contributed by atoms with E-state index < -0.39 is 10.0 Å². The third-order valence-corrected chi connectivity index (χ3v) is 6.62. The summed E-state index contributed by atoms with van der Waals surface area (Å²) in [7, 11) is -2.14. The number of rotatable bonds is 9. The average molecular weight is 396 g/mol. The molecule has 1 saturated heterocycles. The van der Waals surface area contributed by atoms with Crippen LogP contribution in [0, 0.1) is 5.92 Å². The molecule has 150 valence electrons. The van der Waals surface area contributed by atoms with Gasteiger partial charge < -0.3 is 15.0 Å². The maximum absolute atomic E-state index is 12.8. The molecule has 0 unspecified atom stereocenters. The van der Waals surface area contributed by atoms with Gasteiger partial charge in [0.1, 0.15) is 0 Å². The van der Waals surface area contributed by atoms with Crippen molar-refractivity contribution in [2.75, 3.05) is 39.9 Å². The van der Waals surface area contributed by atoms with E-state index in [0.29, 0.717) is 31.3 Å². The monoisotopic (exact) mass is 395 g/mol. The molecule has 0 radical (unpaired) electrons. The number of nitrogens with one attached hydrogen (secondary N) is 2. The van der Waals surface area contributed by atoms with Crippen LogP contribution in [0.15, 0.2) is 29.2 Å². The van der Waals surface area contributed by atoms with E-state index in [1.54, 1.807) is 12.1 Å². The molecule has 0 atom stereocenters. The van der Waals surface area contributed by atoms with Gasteiger partial charge in [0, 0.05) is 38.3 Å². The van der Waals surface area contributed by atoms with Crippen LogP contribution in [0.1, 0.15) is 36.0 Å². The molecule has 27 heavy (non-hydrogen) atoms. The van der Waals surface area contributed by atoms with Gasteiger partial charge in [-0.15, -0.1) is 0 Å². The standard InChI is InChI=1S/C19H29N3O4S/c1-26-12-9-21-27(24,25)18-4-2-3-16(13-18)19(23)22-10-7-17(8-11-22)20-14-15-5-6-15/h2-4,13,15,17,20-21H,5-12,14H2,1H3. The number of amides is 1. The van der Waals surface area contributed by atoms with E-state index in [-0.39, 0.29) is 17.3 Å². The van der Waals surface area contributed by atoms with E-state index in [1.807, 2.05) is 4.90 Å². The Bertz CT molecular complexity index is 741. The first kappa shape index (κ1) is 20.3. The lowest BCUT2D eigenvalue weighted by Crippen LogP contribution is -2.45. The number of ether oxygens (including phenoxy) is 1. The summed E-state index contributed by atoms with van der Waals surface area (Å²) in [4.78, 5) is 14.7. The Morgan fingerprint density at radius 2 is 1.96 bits per heavy atom. The van der Waals surface area contributed by atoms with Crippen molar-refractivity contribution in [2.24, 2.45) is 5.92 Å². The number of hydrogen-bond acceptors (Lipinski definition) is 5. The summed E-state index contributed by atoms with van der Waals surface area (Å²) in [5, 5.41) is 3.60. The van der Waals surface area contributed by atoms with Crippen LogP contribution < -0.4 is 10.0 Å². The van der Waals surface area contributed by atoms with Crippen LogP contribution in [0.25, 0.3) is 0 Å². The Balaban J connectivity index is 1.57. The molecular weight excluding hydrogens is 366 g/mol. The molecule has 3 rings (SSSR count). The minimum atomic E-state index is -3.65. The Labute approximate surface area is 161 Å². The van der Waals surface area contributed by atoms with E-state index >= 15 is 0 Å². The minimum absolute atomic E-state index is 0.102. The number of sulfonamides is 1. The molecule has 1 aliphatic heterocycles. The molecule has 2 aliphatic rings. The van der Waals surface area contributed by atoms with Gasteiger partial charge in [-0.05, 0) is 56.3 Å². The molecule has 0 bridgehead atoms. The highest BCUT2D eigenvalue weighted by molar-refractivity contribution is 7.89. The topological polar surface area (TPSA) is 87.7 Å². The van der Waals surface area contributed by atoms with Gasteiger partial charge in [0.05, 0.1) is 11.5 Å². The molecular formula is C19H29N3O4S. The molecule has 2 fully saturated rings. The smallest absolute Gasteiger partial charge is 0.253 e. The second kappa shape index (κ2) is 9.14. The fourth-order valence-corrected chi connectivity index (χ4v) is 4.34. The summed E-state index contributed by atoms with van der Waals surface area (Å²) in [6.07, 6.45) is 4.55. The van der Waals surface area contributed by atoms with Gasteiger partial charge in [0.2, 0.25) is 10.0 Å². The van der Waals surface area contributed by atoms with E-state index in [0.717, 1.165) is 25.3 Å². The van der Waals surface area contributed by atoms with Crippen LogP contribution in [0.3, 0.4) is 0 Å². The van der Waals surface area contributed by atoms with Gasteiger partial charge in [-0.25, -0.2) is 13.1 Å². The number of nitrogens with zero attached hydrogens (tertiary/aromatic N) is 1. The predicted octanol–water partition coefficient (Wildman–Crippen LogP) is 1.22. The normalized spacial score (nSPS) is 18.6. The molecule has 7 nitrogen and oxygen atoms in total. The second-order valence-corrected chi connectivity index (χ2v) is 9.10. The van der Waals surface area contributed by atoms with Gasteiger partial charge >= 0.3 is 0 Å². The van der Waals surface area contributed by atoms with Crippen molar-refractivity contribution in [1.82, 2.24) is 14.9 Å². The highest BCUT2D eigenvalue weighted by Crippen LogP contribution is 2.28. The van der Waals surface area contributed by atoms with Gasteiger partial charge in [-0.1, -0.05) is 6.07 Å². The Morgan fingerprint density at radius 1 is 1.22 bits per heavy atom. The fourth-order valence-electron chi connectivity index (χ4n) is 3.28. The van der Waals surface area contributed by atoms with Gasteiger partial charge in [0.15, 0.2) is 0 Å². The number of carbonyl (C=O) groups excluding carboxylic acids is 1. The van der Waals surface area contributed by atoms with Gasteiger partial charge in [-0.2, -0.15) is 0 Å². The van der Waals surface area contributed by atoms with Crippen LogP contribution in [-0.4, -0.2) is 65.2 Å². The summed E-state index contributed by atoms with van der Waals surface area (Å²) in [5.41, 5.74) is 0.411. The summed E-state index contributed by atoms with van der Waals surface area (Å²) >= 11 is 0. The highest BCUT2D eigenvalue weighted by atomic mass is 32.2. The SMILES string of the molecule is COCCNS(=O)(=O)c1cccc(C(=O)N2CCC(NCC3CC3)CC2)c1. The second-order valence-electron chi connectivity index (χ2n) is 7.34. The quantitative estimate of drug-likeness (QED) is 0.614. The molecule has 1 amide bonds. The van der Waals surface area contributed by atoms with E-state index in [9.17, 15) is 13.2 Å². The number of methoxy groups -OCH3 is 1. The van der Waals surface area contributed by atoms with Crippen LogP contribution >= 0.6 is 0 Å². The van der Waals surface area contributed by atoms with Gasteiger partial charge in [0.25, 0.3) is 5.91 Å². The van der Waals surface area contributed by atoms with Crippen LogP contribution in [0.2, 0.25) is 0 Å². The largest absolute Gasteiger partial charge is 0.383 e. The Hall–Kier alpha value is -1.48. The summed E-state index contributed by atoms with van der Waals surface area (Å²) in [6.45, 7) is 2.98. The van der Waals surface area contributed by atoms with E-state index in [4.69, 9.17) is 4.74 Å².